The maximum atomic E-state index is 12.4. The third kappa shape index (κ3) is 3.73. The number of piperazine rings is 1. The molecular formula is C14H22N6O. The first-order chi connectivity index (χ1) is 10.0. The van der Waals surface area contributed by atoms with Crippen molar-refractivity contribution in [3.63, 3.8) is 0 Å². The molecule has 1 aromatic rings. The molecule has 7 nitrogen and oxygen atoms in total. The van der Waals surface area contributed by atoms with Crippen LogP contribution in [0.25, 0.3) is 0 Å². The Bertz CT molecular complexity index is 546. The summed E-state index contributed by atoms with van der Waals surface area (Å²) in [4.78, 5) is 16.5. The van der Waals surface area contributed by atoms with Crippen molar-refractivity contribution in [3.8, 4) is 6.07 Å². The number of nitrogens with one attached hydrogen (secondary N) is 1. The maximum Gasteiger partial charge on any atom is 0.323 e. The second-order valence-corrected chi connectivity index (χ2v) is 5.54. The van der Waals surface area contributed by atoms with Gasteiger partial charge >= 0.3 is 6.03 Å². The number of aromatic nitrogens is 2. The molecule has 0 bridgehead atoms. The average molecular weight is 290 g/mol. The van der Waals surface area contributed by atoms with E-state index in [9.17, 15) is 4.79 Å². The Morgan fingerprint density at radius 1 is 1.57 bits per heavy atom. The summed E-state index contributed by atoms with van der Waals surface area (Å²) in [6.45, 7) is 6.88. The Labute approximate surface area is 125 Å². The Balaban J connectivity index is 2.04. The van der Waals surface area contributed by atoms with E-state index in [2.05, 4.69) is 28.4 Å². The molecule has 1 atom stereocenters. The van der Waals surface area contributed by atoms with Crippen LogP contribution < -0.4 is 5.32 Å². The molecule has 7 heteroatoms. The second kappa shape index (κ2) is 6.59. The summed E-state index contributed by atoms with van der Waals surface area (Å²) in [5, 5.41) is 15.9. The fourth-order valence-corrected chi connectivity index (χ4v) is 2.60. The van der Waals surface area contributed by atoms with Crippen LogP contribution in [0.3, 0.4) is 0 Å². The van der Waals surface area contributed by atoms with Crippen LogP contribution in [0.1, 0.15) is 19.0 Å². The molecule has 0 aromatic carbocycles. The summed E-state index contributed by atoms with van der Waals surface area (Å²) in [6.07, 6.45) is 0.370. The van der Waals surface area contributed by atoms with Gasteiger partial charge < -0.3 is 9.80 Å². The van der Waals surface area contributed by atoms with E-state index in [-0.39, 0.29) is 12.1 Å². The fraction of sp³-hybridized carbons (Fsp3) is 0.643. The molecule has 0 spiro atoms. The van der Waals surface area contributed by atoms with Gasteiger partial charge in [0.15, 0.2) is 0 Å². The molecule has 2 rings (SSSR count). The number of aryl methyl sites for hydroxylation is 2. The average Bonchev–Trinajstić information content (AvgIpc) is 2.76. The molecule has 0 radical (unpaired) electrons. The number of anilines is 1. The summed E-state index contributed by atoms with van der Waals surface area (Å²) in [6, 6.07) is 4.00. The van der Waals surface area contributed by atoms with Crippen LogP contribution in [-0.2, 0) is 6.54 Å². The Hall–Kier alpha value is -2.07. The van der Waals surface area contributed by atoms with Crippen LogP contribution in [0.5, 0.6) is 0 Å². The van der Waals surface area contributed by atoms with Crippen LogP contribution in [-0.4, -0.2) is 58.3 Å². The Kier molecular flexibility index (Phi) is 4.81. The van der Waals surface area contributed by atoms with Gasteiger partial charge in [0.25, 0.3) is 0 Å². The minimum Gasteiger partial charge on any atom is -0.319 e. The summed E-state index contributed by atoms with van der Waals surface area (Å²) in [5.41, 5.74) is 0.828. The number of hydrogen-bond donors (Lipinski definition) is 1. The Morgan fingerprint density at radius 2 is 2.33 bits per heavy atom. The summed E-state index contributed by atoms with van der Waals surface area (Å²) in [7, 11) is 2.06. The minimum atomic E-state index is -0.103. The highest BCUT2D eigenvalue weighted by Gasteiger charge is 2.26. The molecule has 0 unspecified atom stereocenters. The predicted molar refractivity (Wildman–Crippen MR) is 79.9 cm³/mol. The van der Waals surface area contributed by atoms with Crippen molar-refractivity contribution in [2.24, 2.45) is 0 Å². The van der Waals surface area contributed by atoms with E-state index in [0.29, 0.717) is 18.8 Å². The predicted octanol–water partition coefficient (Wildman–Crippen LogP) is 1.27. The molecule has 114 valence electrons. The van der Waals surface area contributed by atoms with Crippen LogP contribution in [0, 0.1) is 18.3 Å². The third-order valence-corrected chi connectivity index (χ3v) is 3.66. The number of nitriles is 1. The van der Waals surface area contributed by atoms with E-state index in [4.69, 9.17) is 5.26 Å². The number of nitrogens with zero attached hydrogens (tertiary/aromatic N) is 5. The molecule has 2 amide bonds. The highest BCUT2D eigenvalue weighted by Crippen LogP contribution is 2.14. The van der Waals surface area contributed by atoms with Crippen LogP contribution in [0.2, 0.25) is 0 Å². The van der Waals surface area contributed by atoms with Gasteiger partial charge in [-0.05, 0) is 20.9 Å². The number of likely N-dealkylation sites (N-methyl/N-ethyl adjacent to an activating group) is 1. The zero-order valence-corrected chi connectivity index (χ0v) is 12.8. The van der Waals surface area contributed by atoms with E-state index in [1.165, 1.54) is 0 Å². The molecule has 2 heterocycles. The smallest absolute Gasteiger partial charge is 0.319 e. The quantitative estimate of drug-likeness (QED) is 0.909. The molecule has 1 fully saturated rings. The van der Waals surface area contributed by atoms with Gasteiger partial charge in [0.2, 0.25) is 0 Å². The first kappa shape index (κ1) is 15.3. The summed E-state index contributed by atoms with van der Waals surface area (Å²) < 4.78 is 1.68. The fourth-order valence-electron chi connectivity index (χ4n) is 2.60. The third-order valence-electron chi connectivity index (χ3n) is 3.66. The SMILES string of the molecule is Cc1cc(NC(=O)N2CCN(C)C[C@H]2C)n(CCC#N)n1. The van der Waals surface area contributed by atoms with Gasteiger partial charge in [-0.1, -0.05) is 0 Å². The lowest BCUT2D eigenvalue weighted by atomic mass is 10.2. The molecule has 1 aromatic heterocycles. The normalized spacial score (nSPS) is 19.3. The van der Waals surface area contributed by atoms with Crippen molar-refractivity contribution in [2.75, 3.05) is 32.0 Å². The number of rotatable bonds is 3. The van der Waals surface area contributed by atoms with E-state index in [1.807, 2.05) is 24.8 Å². The molecule has 0 saturated carbocycles. The number of carbonyl (C=O) groups excluding carboxylic acids is 1. The molecule has 1 N–H and O–H groups in total. The first-order valence-corrected chi connectivity index (χ1v) is 7.19. The lowest BCUT2D eigenvalue weighted by Crippen LogP contribution is -2.54. The van der Waals surface area contributed by atoms with Crippen LogP contribution >= 0.6 is 0 Å². The molecule has 1 aliphatic rings. The van der Waals surface area contributed by atoms with Crippen molar-refractivity contribution in [3.05, 3.63) is 11.8 Å². The van der Waals surface area contributed by atoms with Crippen molar-refractivity contribution < 1.29 is 4.79 Å². The molecule has 0 aliphatic carbocycles. The second-order valence-electron chi connectivity index (χ2n) is 5.54. The van der Waals surface area contributed by atoms with E-state index in [0.717, 1.165) is 25.3 Å². The molecule has 1 saturated heterocycles. The molecule has 1 aliphatic heterocycles. The Morgan fingerprint density at radius 3 is 3.00 bits per heavy atom. The van der Waals surface area contributed by atoms with Crippen molar-refractivity contribution >= 4 is 11.8 Å². The summed E-state index contributed by atoms with van der Waals surface area (Å²) >= 11 is 0. The van der Waals surface area contributed by atoms with E-state index >= 15 is 0 Å². The van der Waals surface area contributed by atoms with Gasteiger partial charge in [-0.25, -0.2) is 9.48 Å². The standard InChI is InChI=1S/C14H22N6O/c1-11-9-13(20(17-11)6-4-5-15)16-14(21)19-8-7-18(3)10-12(19)2/h9,12H,4,6-8,10H2,1-3H3,(H,16,21)/t12-/m1/s1. The lowest BCUT2D eigenvalue weighted by molar-refractivity contribution is 0.125. The molecular weight excluding hydrogens is 268 g/mol. The van der Waals surface area contributed by atoms with Gasteiger partial charge in [0.1, 0.15) is 5.82 Å². The van der Waals surface area contributed by atoms with Gasteiger partial charge in [-0.15, -0.1) is 0 Å². The monoisotopic (exact) mass is 290 g/mol. The summed E-state index contributed by atoms with van der Waals surface area (Å²) in [5.74, 6) is 0.652. The first-order valence-electron chi connectivity index (χ1n) is 7.19. The minimum absolute atomic E-state index is 0.103. The van der Waals surface area contributed by atoms with Crippen LogP contribution in [0.15, 0.2) is 6.07 Å². The van der Waals surface area contributed by atoms with Gasteiger partial charge in [-0.3, -0.25) is 5.32 Å². The van der Waals surface area contributed by atoms with Gasteiger partial charge in [0, 0.05) is 31.7 Å². The lowest BCUT2D eigenvalue weighted by Gasteiger charge is -2.38. The van der Waals surface area contributed by atoms with Crippen molar-refractivity contribution in [1.82, 2.24) is 19.6 Å². The highest BCUT2D eigenvalue weighted by molar-refractivity contribution is 5.88. The number of carbonyl (C=O) groups is 1. The van der Waals surface area contributed by atoms with Crippen molar-refractivity contribution in [2.45, 2.75) is 32.9 Å². The largest absolute Gasteiger partial charge is 0.323 e. The van der Waals surface area contributed by atoms with Gasteiger partial charge in [0.05, 0.1) is 24.7 Å². The maximum absolute atomic E-state index is 12.4. The highest BCUT2D eigenvalue weighted by atomic mass is 16.2. The molecule has 21 heavy (non-hydrogen) atoms. The number of urea groups is 1. The van der Waals surface area contributed by atoms with Gasteiger partial charge in [-0.2, -0.15) is 10.4 Å². The number of hydrogen-bond acceptors (Lipinski definition) is 4. The van der Waals surface area contributed by atoms with Crippen LogP contribution in [0.4, 0.5) is 10.6 Å². The topological polar surface area (TPSA) is 77.2 Å². The zero-order chi connectivity index (χ0) is 15.4. The van der Waals surface area contributed by atoms with E-state index in [1.54, 1.807) is 4.68 Å². The zero-order valence-electron chi connectivity index (χ0n) is 12.8. The number of amides is 2. The van der Waals surface area contributed by atoms with E-state index < -0.39 is 0 Å². The van der Waals surface area contributed by atoms with Crippen molar-refractivity contribution in [1.29, 1.82) is 5.26 Å².